The monoisotopic (exact) mass is 442 g/mol. The van der Waals surface area contributed by atoms with E-state index in [9.17, 15) is 5.11 Å². The van der Waals surface area contributed by atoms with Gasteiger partial charge in [-0.15, -0.1) is 0 Å². The van der Waals surface area contributed by atoms with Crippen LogP contribution in [-0.2, 0) is 13.9 Å². The van der Waals surface area contributed by atoms with E-state index < -0.39 is 20.7 Å². The molecule has 0 heterocycles. The summed E-state index contributed by atoms with van der Waals surface area (Å²) >= 11 is 0. The lowest BCUT2D eigenvalue weighted by molar-refractivity contribution is -0.177. The Hall–Kier alpha value is -1.76. The SMILES string of the molecule is CCOC(OCC)[C@@H](O)/C=C/C(C)O[Si](c1ccccc1)(c1ccccc1)C(C)(C)C. The van der Waals surface area contributed by atoms with E-state index in [4.69, 9.17) is 13.9 Å². The van der Waals surface area contributed by atoms with E-state index in [2.05, 4.69) is 69.3 Å². The van der Waals surface area contributed by atoms with Crippen molar-refractivity contribution in [1.29, 1.82) is 0 Å². The Bertz CT molecular complexity index is 741. The highest BCUT2D eigenvalue weighted by Gasteiger charge is 2.50. The molecule has 170 valence electrons. The molecule has 0 saturated carbocycles. The quantitative estimate of drug-likeness (QED) is 0.321. The Morgan fingerprint density at radius 1 is 0.839 bits per heavy atom. The van der Waals surface area contributed by atoms with Gasteiger partial charge >= 0.3 is 0 Å². The maximum Gasteiger partial charge on any atom is 0.261 e. The number of benzene rings is 2. The fraction of sp³-hybridized carbons (Fsp3) is 0.462. The molecule has 4 nitrogen and oxygen atoms in total. The fourth-order valence-corrected chi connectivity index (χ4v) is 8.60. The lowest BCUT2D eigenvalue weighted by Gasteiger charge is -2.44. The summed E-state index contributed by atoms with van der Waals surface area (Å²) < 4.78 is 18.0. The molecule has 0 fully saturated rings. The number of hydrogen-bond donors (Lipinski definition) is 1. The zero-order valence-electron chi connectivity index (χ0n) is 19.7. The number of aliphatic hydroxyl groups excluding tert-OH is 1. The average Bonchev–Trinajstić information content (AvgIpc) is 2.76. The van der Waals surface area contributed by atoms with Gasteiger partial charge in [-0.25, -0.2) is 0 Å². The van der Waals surface area contributed by atoms with Crippen molar-refractivity contribution in [3.05, 3.63) is 72.8 Å². The zero-order chi connectivity index (χ0) is 22.9. The molecule has 0 bridgehead atoms. The van der Waals surface area contributed by atoms with E-state index >= 15 is 0 Å². The van der Waals surface area contributed by atoms with Crippen molar-refractivity contribution in [2.45, 2.75) is 65.1 Å². The van der Waals surface area contributed by atoms with E-state index in [-0.39, 0.29) is 11.1 Å². The van der Waals surface area contributed by atoms with E-state index in [1.54, 1.807) is 6.08 Å². The minimum Gasteiger partial charge on any atom is -0.401 e. The summed E-state index contributed by atoms with van der Waals surface area (Å²) in [5, 5.41) is 12.9. The predicted molar refractivity (Wildman–Crippen MR) is 130 cm³/mol. The van der Waals surface area contributed by atoms with Crippen molar-refractivity contribution in [3.63, 3.8) is 0 Å². The lowest BCUT2D eigenvalue weighted by atomic mass is 10.2. The molecule has 0 aliphatic heterocycles. The van der Waals surface area contributed by atoms with Crippen molar-refractivity contribution in [1.82, 2.24) is 0 Å². The highest BCUT2D eigenvalue weighted by atomic mass is 28.4. The molecule has 0 spiro atoms. The molecule has 2 atom stereocenters. The molecule has 0 saturated heterocycles. The normalized spacial score (nSPS) is 14.8. The predicted octanol–water partition coefficient (Wildman–Crippen LogP) is 4.27. The second-order valence-corrected chi connectivity index (χ2v) is 12.9. The van der Waals surface area contributed by atoms with Crippen LogP contribution in [0.1, 0.15) is 41.5 Å². The van der Waals surface area contributed by atoms with Gasteiger partial charge < -0.3 is 19.0 Å². The summed E-state index contributed by atoms with van der Waals surface area (Å²) in [4.78, 5) is 0. The first-order chi connectivity index (χ1) is 14.8. The third kappa shape index (κ3) is 6.37. The average molecular weight is 443 g/mol. The van der Waals surface area contributed by atoms with Crippen LogP contribution < -0.4 is 10.4 Å². The minimum absolute atomic E-state index is 0.102. The maximum absolute atomic E-state index is 10.5. The van der Waals surface area contributed by atoms with Gasteiger partial charge in [0.2, 0.25) is 0 Å². The summed E-state index contributed by atoms with van der Waals surface area (Å²) in [6.07, 6.45) is 1.90. The summed E-state index contributed by atoms with van der Waals surface area (Å²) in [6, 6.07) is 21.1. The van der Waals surface area contributed by atoms with Crippen molar-refractivity contribution in [3.8, 4) is 0 Å². The first kappa shape index (κ1) is 25.5. The van der Waals surface area contributed by atoms with Crippen molar-refractivity contribution in [2.24, 2.45) is 0 Å². The summed E-state index contributed by atoms with van der Waals surface area (Å²) in [7, 11) is -2.64. The molecule has 0 aromatic heterocycles. The molecule has 0 aliphatic rings. The van der Waals surface area contributed by atoms with Gasteiger partial charge in [-0.2, -0.15) is 0 Å². The third-order valence-corrected chi connectivity index (χ3v) is 10.4. The largest absolute Gasteiger partial charge is 0.401 e. The van der Waals surface area contributed by atoms with Gasteiger partial charge in [0.05, 0.1) is 6.10 Å². The summed E-state index contributed by atoms with van der Waals surface area (Å²) in [6.45, 7) is 13.5. The minimum atomic E-state index is -2.64. The molecular weight excluding hydrogens is 404 g/mol. The van der Waals surface area contributed by atoms with Crippen LogP contribution in [0.15, 0.2) is 72.8 Å². The highest BCUT2D eigenvalue weighted by molar-refractivity contribution is 6.99. The van der Waals surface area contributed by atoms with Gasteiger partial charge in [0.1, 0.15) is 6.10 Å². The van der Waals surface area contributed by atoms with Crippen molar-refractivity contribution >= 4 is 18.7 Å². The molecule has 2 rings (SSSR count). The molecule has 31 heavy (non-hydrogen) atoms. The Morgan fingerprint density at radius 3 is 1.68 bits per heavy atom. The molecule has 1 N–H and O–H groups in total. The van der Waals surface area contributed by atoms with Crippen LogP contribution in [0.4, 0.5) is 0 Å². The van der Waals surface area contributed by atoms with E-state index in [0.29, 0.717) is 13.2 Å². The van der Waals surface area contributed by atoms with Gasteiger partial charge in [0, 0.05) is 13.2 Å². The standard InChI is InChI=1S/C26H38O4Si/c1-7-28-25(29-8-2)24(27)20-19-21(3)30-31(26(4,5)6,22-15-11-9-12-16-22)23-17-13-10-14-18-23/h9-21,24-25,27H,7-8H2,1-6H3/b20-19+/t21?,24-/m0/s1. The highest BCUT2D eigenvalue weighted by Crippen LogP contribution is 2.37. The lowest BCUT2D eigenvalue weighted by Crippen LogP contribution is -2.67. The third-order valence-electron chi connectivity index (χ3n) is 5.30. The van der Waals surface area contributed by atoms with Crippen LogP contribution in [0.2, 0.25) is 5.04 Å². The van der Waals surface area contributed by atoms with Crippen LogP contribution >= 0.6 is 0 Å². The van der Waals surface area contributed by atoms with E-state index in [1.807, 2.05) is 39.0 Å². The van der Waals surface area contributed by atoms with Crippen LogP contribution in [0, 0.1) is 0 Å². The van der Waals surface area contributed by atoms with E-state index in [1.165, 1.54) is 10.4 Å². The zero-order valence-corrected chi connectivity index (χ0v) is 20.7. The molecule has 0 amide bonds. The van der Waals surface area contributed by atoms with Crippen LogP contribution in [0.3, 0.4) is 0 Å². The molecule has 1 unspecified atom stereocenters. The Balaban J connectivity index is 2.40. The van der Waals surface area contributed by atoms with Crippen molar-refractivity contribution < 1.29 is 19.0 Å². The molecule has 2 aromatic carbocycles. The number of hydrogen-bond acceptors (Lipinski definition) is 4. The number of ether oxygens (including phenoxy) is 2. The van der Waals surface area contributed by atoms with Crippen LogP contribution in [-0.4, -0.2) is 45.1 Å². The Kier molecular flexibility index (Phi) is 9.66. The first-order valence-electron chi connectivity index (χ1n) is 11.1. The molecule has 0 aliphatic carbocycles. The molecule has 5 heteroatoms. The van der Waals surface area contributed by atoms with Crippen molar-refractivity contribution in [2.75, 3.05) is 13.2 Å². The number of rotatable bonds is 11. The van der Waals surface area contributed by atoms with Crippen LogP contribution in [0.25, 0.3) is 0 Å². The summed E-state index contributed by atoms with van der Waals surface area (Å²) in [5.74, 6) is 0. The van der Waals surface area contributed by atoms with E-state index in [0.717, 1.165) is 0 Å². The van der Waals surface area contributed by atoms with Crippen LogP contribution in [0.5, 0.6) is 0 Å². The fourth-order valence-electron chi connectivity index (χ4n) is 3.94. The topological polar surface area (TPSA) is 47.9 Å². The van der Waals surface area contributed by atoms with Gasteiger partial charge in [0.15, 0.2) is 6.29 Å². The Morgan fingerprint density at radius 2 is 1.29 bits per heavy atom. The molecule has 2 aromatic rings. The molecule has 0 radical (unpaired) electrons. The first-order valence-corrected chi connectivity index (χ1v) is 13.1. The van der Waals surface area contributed by atoms with Gasteiger partial charge in [-0.3, -0.25) is 0 Å². The van der Waals surface area contributed by atoms with Gasteiger partial charge in [0.25, 0.3) is 8.32 Å². The van der Waals surface area contributed by atoms with Gasteiger partial charge in [-0.1, -0.05) is 93.6 Å². The Labute approximate surface area is 189 Å². The molecular formula is C26H38O4Si. The second kappa shape index (κ2) is 11.7. The number of aliphatic hydroxyl groups is 1. The smallest absolute Gasteiger partial charge is 0.261 e. The summed E-state index contributed by atoms with van der Waals surface area (Å²) in [5.41, 5.74) is 0. The van der Waals surface area contributed by atoms with Gasteiger partial charge in [-0.05, 0) is 36.2 Å². The second-order valence-electron chi connectivity index (χ2n) is 8.64. The maximum atomic E-state index is 10.5.